The number of nitrogens with one attached hydrogen (secondary N) is 1. The number of Topliss-reactive ketones (excluding diaryl/α,β-unsaturated/α-hetero) is 1. The molecule has 2 rings (SSSR count). The quantitative estimate of drug-likeness (QED) is 0.788. The van der Waals surface area contributed by atoms with Crippen LogP contribution in [0.1, 0.15) is 39.5 Å². The van der Waals surface area contributed by atoms with E-state index in [1.54, 1.807) is 36.1 Å². The molecule has 6 nitrogen and oxygen atoms in total. The van der Waals surface area contributed by atoms with Crippen molar-refractivity contribution in [2.45, 2.75) is 51.7 Å². The number of amides is 2. The Labute approximate surface area is 158 Å². The maximum Gasteiger partial charge on any atom is 0.263 e. The van der Waals surface area contributed by atoms with E-state index in [1.165, 1.54) is 6.92 Å². The molecule has 2 amide bonds. The van der Waals surface area contributed by atoms with Crippen LogP contribution < -0.4 is 10.1 Å². The lowest BCUT2D eigenvalue weighted by molar-refractivity contribution is -0.139. The second-order valence-corrected chi connectivity index (χ2v) is 7.02. The number of halogens is 1. The Hall–Kier alpha value is -2.08. The zero-order chi connectivity index (χ0) is 19.1. The highest BCUT2D eigenvalue weighted by atomic mass is 35.5. The van der Waals surface area contributed by atoms with Gasteiger partial charge in [-0.1, -0.05) is 11.6 Å². The lowest BCUT2D eigenvalue weighted by atomic mass is 10.0. The molecule has 0 aromatic heterocycles. The monoisotopic (exact) mass is 380 g/mol. The average Bonchev–Trinajstić information content (AvgIpc) is 2.62. The number of rotatable bonds is 7. The summed E-state index contributed by atoms with van der Waals surface area (Å²) in [5.41, 5.74) is 0. The Morgan fingerprint density at radius 2 is 1.81 bits per heavy atom. The molecule has 1 heterocycles. The molecule has 1 unspecified atom stereocenters. The number of nitrogens with zero attached hydrogens (tertiary/aromatic N) is 1. The zero-order valence-corrected chi connectivity index (χ0v) is 15.9. The van der Waals surface area contributed by atoms with Crippen LogP contribution in [0, 0.1) is 0 Å². The fourth-order valence-corrected chi connectivity index (χ4v) is 2.98. The first-order valence-corrected chi connectivity index (χ1v) is 9.22. The molecule has 26 heavy (non-hydrogen) atoms. The van der Waals surface area contributed by atoms with Crippen molar-refractivity contribution in [1.29, 1.82) is 0 Å². The molecule has 0 bridgehead atoms. The van der Waals surface area contributed by atoms with Crippen LogP contribution >= 0.6 is 11.6 Å². The number of piperidine rings is 1. The largest absolute Gasteiger partial charge is 0.481 e. The van der Waals surface area contributed by atoms with Crippen molar-refractivity contribution < 1.29 is 19.1 Å². The number of carbonyl (C=O) groups is 3. The second-order valence-electron chi connectivity index (χ2n) is 6.58. The van der Waals surface area contributed by atoms with Crippen LogP contribution in [-0.2, 0) is 14.4 Å². The molecule has 1 aliphatic heterocycles. The summed E-state index contributed by atoms with van der Waals surface area (Å²) in [7, 11) is 0. The fourth-order valence-electron chi connectivity index (χ4n) is 2.86. The Morgan fingerprint density at radius 1 is 1.19 bits per heavy atom. The Morgan fingerprint density at radius 3 is 2.38 bits per heavy atom. The van der Waals surface area contributed by atoms with Crippen LogP contribution in [0.2, 0.25) is 5.02 Å². The average molecular weight is 381 g/mol. The highest BCUT2D eigenvalue weighted by Crippen LogP contribution is 2.18. The van der Waals surface area contributed by atoms with Crippen molar-refractivity contribution in [1.82, 2.24) is 10.2 Å². The van der Waals surface area contributed by atoms with E-state index in [0.717, 1.165) is 0 Å². The summed E-state index contributed by atoms with van der Waals surface area (Å²) in [5.74, 6) is 0.434. The van der Waals surface area contributed by atoms with Crippen LogP contribution in [0.3, 0.4) is 0 Å². The number of hydrogen-bond donors (Lipinski definition) is 1. The van der Waals surface area contributed by atoms with Gasteiger partial charge in [0.25, 0.3) is 5.91 Å². The zero-order valence-electron chi connectivity index (χ0n) is 15.2. The van der Waals surface area contributed by atoms with E-state index in [0.29, 0.717) is 36.7 Å². The normalized spacial score (nSPS) is 16.0. The van der Waals surface area contributed by atoms with Crippen LogP contribution in [0.15, 0.2) is 24.3 Å². The Bertz CT molecular complexity index is 639. The lowest BCUT2D eigenvalue weighted by Gasteiger charge is -2.33. The second kappa shape index (κ2) is 9.57. The Kier molecular flexibility index (Phi) is 7.45. The predicted molar refractivity (Wildman–Crippen MR) is 99.2 cm³/mol. The number of ketones is 1. The van der Waals surface area contributed by atoms with Crippen molar-refractivity contribution in [3.63, 3.8) is 0 Å². The van der Waals surface area contributed by atoms with E-state index in [9.17, 15) is 14.4 Å². The molecule has 0 radical (unpaired) electrons. The third-order valence-corrected chi connectivity index (χ3v) is 4.60. The smallest absolute Gasteiger partial charge is 0.263 e. The van der Waals surface area contributed by atoms with Crippen molar-refractivity contribution >= 4 is 29.2 Å². The van der Waals surface area contributed by atoms with E-state index in [2.05, 4.69) is 5.32 Å². The topological polar surface area (TPSA) is 75.7 Å². The fraction of sp³-hybridized carbons (Fsp3) is 0.526. The van der Waals surface area contributed by atoms with Crippen LogP contribution in [0.25, 0.3) is 0 Å². The van der Waals surface area contributed by atoms with E-state index in [1.807, 2.05) is 0 Å². The van der Waals surface area contributed by atoms with Crippen molar-refractivity contribution in [3.8, 4) is 5.75 Å². The maximum atomic E-state index is 12.5. The van der Waals surface area contributed by atoms with Gasteiger partial charge >= 0.3 is 0 Å². The van der Waals surface area contributed by atoms with Gasteiger partial charge in [-0.25, -0.2) is 0 Å². The van der Waals surface area contributed by atoms with E-state index in [-0.39, 0.29) is 36.5 Å². The molecule has 0 aliphatic carbocycles. The maximum absolute atomic E-state index is 12.5. The van der Waals surface area contributed by atoms with Gasteiger partial charge in [-0.05, 0) is 51.0 Å². The van der Waals surface area contributed by atoms with Gasteiger partial charge in [0.05, 0.1) is 0 Å². The number of benzene rings is 1. The predicted octanol–water partition coefficient (Wildman–Crippen LogP) is 2.58. The van der Waals surface area contributed by atoms with E-state index < -0.39 is 6.10 Å². The summed E-state index contributed by atoms with van der Waals surface area (Å²) < 4.78 is 5.68. The van der Waals surface area contributed by atoms with Crippen molar-refractivity contribution in [2.75, 3.05) is 13.1 Å². The minimum absolute atomic E-state index is 0.00948. The SMILES string of the molecule is CC(=O)CCC(=O)NC1CCN(C(=O)C(C)Oc2ccc(Cl)cc2)CC1. The van der Waals surface area contributed by atoms with E-state index in [4.69, 9.17) is 16.3 Å². The molecular weight excluding hydrogens is 356 g/mol. The molecule has 1 fully saturated rings. The van der Waals surface area contributed by atoms with Gasteiger partial charge < -0.3 is 19.7 Å². The lowest BCUT2D eigenvalue weighted by Crippen LogP contribution is -2.49. The molecule has 1 N–H and O–H groups in total. The minimum atomic E-state index is -0.585. The van der Waals surface area contributed by atoms with Gasteiger partial charge in [0.15, 0.2) is 6.10 Å². The number of hydrogen-bond acceptors (Lipinski definition) is 4. The minimum Gasteiger partial charge on any atom is -0.481 e. The molecule has 1 aliphatic rings. The molecule has 1 atom stereocenters. The summed E-state index contributed by atoms with van der Waals surface area (Å²) in [5, 5.41) is 3.55. The van der Waals surface area contributed by atoms with Crippen molar-refractivity contribution in [3.05, 3.63) is 29.3 Å². The summed E-state index contributed by atoms with van der Waals surface area (Å²) in [6.45, 7) is 4.35. The first kappa shape index (κ1) is 20.2. The van der Waals surface area contributed by atoms with Crippen LogP contribution in [0.5, 0.6) is 5.75 Å². The molecule has 1 aromatic carbocycles. The van der Waals surface area contributed by atoms with Gasteiger partial charge in [0.2, 0.25) is 5.91 Å². The highest BCUT2D eigenvalue weighted by Gasteiger charge is 2.27. The first-order chi connectivity index (χ1) is 12.3. The third kappa shape index (κ3) is 6.33. The summed E-state index contributed by atoms with van der Waals surface area (Å²) in [4.78, 5) is 37.0. The molecule has 1 saturated heterocycles. The standard InChI is InChI=1S/C19H25ClN2O4/c1-13(23)3-8-18(24)21-16-9-11-22(12-10-16)19(25)14(2)26-17-6-4-15(20)5-7-17/h4-7,14,16H,3,8-12H2,1-2H3,(H,21,24). The number of ether oxygens (including phenoxy) is 1. The number of likely N-dealkylation sites (tertiary alicyclic amines) is 1. The molecule has 7 heteroatoms. The molecular formula is C19H25ClN2O4. The summed E-state index contributed by atoms with van der Waals surface area (Å²) in [6.07, 6.45) is 1.30. The van der Waals surface area contributed by atoms with Crippen LogP contribution in [-0.4, -0.2) is 47.7 Å². The molecule has 142 valence electrons. The van der Waals surface area contributed by atoms with E-state index >= 15 is 0 Å². The summed E-state index contributed by atoms with van der Waals surface area (Å²) >= 11 is 5.84. The first-order valence-electron chi connectivity index (χ1n) is 8.85. The number of carbonyl (C=O) groups excluding carboxylic acids is 3. The van der Waals surface area contributed by atoms with Gasteiger partial charge in [-0.15, -0.1) is 0 Å². The van der Waals surface area contributed by atoms with Gasteiger partial charge in [-0.3, -0.25) is 9.59 Å². The molecule has 0 saturated carbocycles. The van der Waals surface area contributed by atoms with Gasteiger partial charge in [0, 0.05) is 37.0 Å². The third-order valence-electron chi connectivity index (χ3n) is 4.35. The summed E-state index contributed by atoms with van der Waals surface area (Å²) in [6, 6.07) is 6.94. The molecule has 0 spiro atoms. The van der Waals surface area contributed by atoms with Gasteiger partial charge in [0.1, 0.15) is 11.5 Å². The van der Waals surface area contributed by atoms with Gasteiger partial charge in [-0.2, -0.15) is 0 Å². The highest BCUT2D eigenvalue weighted by molar-refractivity contribution is 6.30. The van der Waals surface area contributed by atoms with Crippen LogP contribution in [0.4, 0.5) is 0 Å². The molecule has 1 aromatic rings. The van der Waals surface area contributed by atoms with Crippen molar-refractivity contribution in [2.24, 2.45) is 0 Å². The Balaban J connectivity index is 1.75.